The number of methoxy groups -OCH3 is 1. The third-order valence-electron chi connectivity index (χ3n) is 3.13. The zero-order valence-electron chi connectivity index (χ0n) is 10.8. The van der Waals surface area contributed by atoms with Crippen LogP contribution in [0.1, 0.15) is 19.8 Å². The summed E-state index contributed by atoms with van der Waals surface area (Å²) < 4.78 is 5.02. The van der Waals surface area contributed by atoms with Crippen LogP contribution in [0.15, 0.2) is 18.3 Å². The third kappa shape index (κ3) is 2.61. The van der Waals surface area contributed by atoms with Crippen LogP contribution in [0.5, 0.6) is 5.88 Å². The van der Waals surface area contributed by atoms with E-state index in [1.165, 1.54) is 0 Å². The Bertz CT molecular complexity index is 403. The second kappa shape index (κ2) is 5.82. The van der Waals surface area contributed by atoms with Gasteiger partial charge >= 0.3 is 0 Å². The van der Waals surface area contributed by atoms with Crippen LogP contribution in [0.25, 0.3) is 0 Å². The van der Waals surface area contributed by atoms with Crippen molar-refractivity contribution in [2.24, 2.45) is 0 Å². The molecule has 0 radical (unpaired) electrons. The first-order chi connectivity index (χ1) is 8.76. The van der Waals surface area contributed by atoms with Crippen molar-refractivity contribution < 1.29 is 9.53 Å². The fourth-order valence-electron chi connectivity index (χ4n) is 2.22. The van der Waals surface area contributed by atoms with Gasteiger partial charge in [-0.05, 0) is 25.5 Å². The molecule has 1 aromatic heterocycles. The maximum absolute atomic E-state index is 12.3. The van der Waals surface area contributed by atoms with Crippen LogP contribution in [0.2, 0.25) is 0 Å². The van der Waals surface area contributed by atoms with Crippen molar-refractivity contribution in [3.63, 3.8) is 0 Å². The van der Waals surface area contributed by atoms with Gasteiger partial charge in [0, 0.05) is 12.6 Å². The SMILES string of the molecule is CCNC1CCCN(c2ccc(OC)nc2)C1=O. The first-order valence-electron chi connectivity index (χ1n) is 6.31. The van der Waals surface area contributed by atoms with Crippen LogP contribution in [-0.2, 0) is 4.79 Å². The van der Waals surface area contributed by atoms with Crippen molar-refractivity contribution >= 4 is 11.6 Å². The van der Waals surface area contributed by atoms with Crippen molar-refractivity contribution in [1.29, 1.82) is 0 Å². The van der Waals surface area contributed by atoms with Crippen LogP contribution >= 0.6 is 0 Å². The zero-order chi connectivity index (χ0) is 13.0. The number of amides is 1. The van der Waals surface area contributed by atoms with E-state index >= 15 is 0 Å². The summed E-state index contributed by atoms with van der Waals surface area (Å²) in [6.07, 6.45) is 3.60. The summed E-state index contributed by atoms with van der Waals surface area (Å²) in [7, 11) is 1.58. The highest BCUT2D eigenvalue weighted by atomic mass is 16.5. The number of nitrogens with zero attached hydrogens (tertiary/aromatic N) is 2. The fraction of sp³-hybridized carbons (Fsp3) is 0.538. The molecule has 98 valence electrons. The summed E-state index contributed by atoms with van der Waals surface area (Å²) in [4.78, 5) is 18.2. The highest BCUT2D eigenvalue weighted by Crippen LogP contribution is 2.21. The average Bonchev–Trinajstić information content (AvgIpc) is 2.42. The summed E-state index contributed by atoms with van der Waals surface area (Å²) in [6.45, 7) is 3.58. The largest absolute Gasteiger partial charge is 0.481 e. The molecule has 1 unspecified atom stereocenters. The first-order valence-corrected chi connectivity index (χ1v) is 6.31. The lowest BCUT2D eigenvalue weighted by molar-refractivity contribution is -0.121. The molecule has 1 aliphatic rings. The van der Waals surface area contributed by atoms with E-state index in [1.54, 1.807) is 24.3 Å². The van der Waals surface area contributed by atoms with Crippen molar-refractivity contribution in [3.05, 3.63) is 18.3 Å². The second-order valence-corrected chi connectivity index (χ2v) is 4.30. The van der Waals surface area contributed by atoms with Gasteiger partial charge in [0.15, 0.2) is 0 Å². The number of aromatic nitrogens is 1. The van der Waals surface area contributed by atoms with E-state index in [9.17, 15) is 4.79 Å². The molecule has 0 spiro atoms. The molecule has 1 aliphatic heterocycles. The number of carbonyl (C=O) groups excluding carboxylic acids is 1. The minimum Gasteiger partial charge on any atom is -0.481 e. The van der Waals surface area contributed by atoms with Gasteiger partial charge in [0.05, 0.1) is 25.0 Å². The summed E-state index contributed by atoms with van der Waals surface area (Å²) >= 11 is 0. The molecule has 2 rings (SSSR count). The molecule has 5 nitrogen and oxygen atoms in total. The molecule has 18 heavy (non-hydrogen) atoms. The van der Waals surface area contributed by atoms with Crippen LogP contribution in [0.4, 0.5) is 5.69 Å². The highest BCUT2D eigenvalue weighted by Gasteiger charge is 2.28. The second-order valence-electron chi connectivity index (χ2n) is 4.30. The highest BCUT2D eigenvalue weighted by molar-refractivity contribution is 5.97. The van der Waals surface area contributed by atoms with E-state index < -0.39 is 0 Å². The normalized spacial score (nSPS) is 20.0. The lowest BCUT2D eigenvalue weighted by atomic mass is 10.0. The van der Waals surface area contributed by atoms with Crippen molar-refractivity contribution in [2.45, 2.75) is 25.8 Å². The third-order valence-corrected chi connectivity index (χ3v) is 3.13. The van der Waals surface area contributed by atoms with Gasteiger partial charge in [-0.15, -0.1) is 0 Å². The molecule has 1 amide bonds. The predicted molar refractivity (Wildman–Crippen MR) is 69.8 cm³/mol. The van der Waals surface area contributed by atoms with Gasteiger partial charge in [-0.2, -0.15) is 0 Å². The molecule has 0 aromatic carbocycles. The topological polar surface area (TPSA) is 54.5 Å². The van der Waals surface area contributed by atoms with Gasteiger partial charge in [0.2, 0.25) is 11.8 Å². The van der Waals surface area contributed by atoms with Gasteiger partial charge in [0.1, 0.15) is 0 Å². The summed E-state index contributed by atoms with van der Waals surface area (Å²) in [5.74, 6) is 0.696. The molecular formula is C13H19N3O2. The Morgan fingerprint density at radius 1 is 1.56 bits per heavy atom. The number of anilines is 1. The molecule has 0 bridgehead atoms. The number of rotatable bonds is 4. The Hall–Kier alpha value is -1.62. The summed E-state index contributed by atoms with van der Waals surface area (Å²) in [5.41, 5.74) is 0.836. The number of piperidine rings is 1. The maximum Gasteiger partial charge on any atom is 0.244 e. The first kappa shape index (κ1) is 12.8. The Kier molecular flexibility index (Phi) is 4.15. The number of nitrogens with one attached hydrogen (secondary N) is 1. The molecule has 1 atom stereocenters. The number of ether oxygens (including phenoxy) is 1. The van der Waals surface area contributed by atoms with Crippen LogP contribution in [-0.4, -0.2) is 37.1 Å². The monoisotopic (exact) mass is 249 g/mol. The Balaban J connectivity index is 2.13. The molecule has 0 saturated carbocycles. The number of carbonyl (C=O) groups is 1. The zero-order valence-corrected chi connectivity index (χ0v) is 10.8. The van der Waals surface area contributed by atoms with E-state index in [1.807, 2.05) is 13.0 Å². The van der Waals surface area contributed by atoms with E-state index in [-0.39, 0.29) is 11.9 Å². The smallest absolute Gasteiger partial charge is 0.244 e. The Morgan fingerprint density at radius 2 is 2.39 bits per heavy atom. The lowest BCUT2D eigenvalue weighted by Crippen LogP contribution is -2.50. The van der Waals surface area contributed by atoms with Crippen LogP contribution in [0.3, 0.4) is 0 Å². The van der Waals surface area contributed by atoms with Crippen LogP contribution < -0.4 is 15.0 Å². The molecule has 1 fully saturated rings. The quantitative estimate of drug-likeness (QED) is 0.871. The number of pyridine rings is 1. The van der Waals surface area contributed by atoms with Crippen molar-refractivity contribution in [2.75, 3.05) is 25.1 Å². The molecule has 5 heteroatoms. The Labute approximate surface area is 107 Å². The minimum atomic E-state index is -0.0640. The summed E-state index contributed by atoms with van der Waals surface area (Å²) in [5, 5.41) is 3.22. The minimum absolute atomic E-state index is 0.0640. The number of hydrogen-bond donors (Lipinski definition) is 1. The molecular weight excluding hydrogens is 230 g/mol. The molecule has 1 saturated heterocycles. The standard InChI is InChI=1S/C13H19N3O2/c1-3-14-11-5-4-8-16(13(11)17)10-6-7-12(18-2)15-9-10/h6-7,9,11,14H,3-5,8H2,1-2H3. The maximum atomic E-state index is 12.3. The fourth-order valence-corrected chi connectivity index (χ4v) is 2.22. The Morgan fingerprint density at radius 3 is 3.00 bits per heavy atom. The summed E-state index contributed by atoms with van der Waals surface area (Å²) in [6, 6.07) is 3.59. The average molecular weight is 249 g/mol. The molecule has 0 aliphatic carbocycles. The van der Waals surface area contributed by atoms with Crippen molar-refractivity contribution in [3.8, 4) is 5.88 Å². The molecule has 1 N–H and O–H groups in total. The van der Waals surface area contributed by atoms with Gasteiger partial charge in [-0.3, -0.25) is 4.79 Å². The van der Waals surface area contributed by atoms with Gasteiger partial charge < -0.3 is 15.0 Å². The van der Waals surface area contributed by atoms with Gasteiger partial charge in [-0.25, -0.2) is 4.98 Å². The van der Waals surface area contributed by atoms with E-state index in [2.05, 4.69) is 10.3 Å². The van der Waals surface area contributed by atoms with Crippen LogP contribution in [0, 0.1) is 0 Å². The van der Waals surface area contributed by atoms with E-state index in [0.29, 0.717) is 5.88 Å². The van der Waals surface area contributed by atoms with E-state index in [0.717, 1.165) is 31.6 Å². The predicted octanol–water partition coefficient (Wildman–Crippen LogP) is 1.20. The van der Waals surface area contributed by atoms with E-state index in [4.69, 9.17) is 4.74 Å². The number of hydrogen-bond acceptors (Lipinski definition) is 4. The van der Waals surface area contributed by atoms with Crippen molar-refractivity contribution in [1.82, 2.24) is 10.3 Å². The number of likely N-dealkylation sites (N-methyl/N-ethyl adjacent to an activating group) is 1. The molecule has 2 heterocycles. The molecule has 1 aromatic rings. The van der Waals surface area contributed by atoms with Gasteiger partial charge in [0.25, 0.3) is 0 Å². The van der Waals surface area contributed by atoms with Gasteiger partial charge in [-0.1, -0.05) is 6.92 Å². The lowest BCUT2D eigenvalue weighted by Gasteiger charge is -2.32.